The van der Waals surface area contributed by atoms with E-state index in [2.05, 4.69) is 19.6 Å². The molecule has 3 aliphatic rings. The lowest BCUT2D eigenvalue weighted by molar-refractivity contribution is -0.257. The van der Waals surface area contributed by atoms with Gasteiger partial charge in [-0.25, -0.2) is 0 Å². The van der Waals surface area contributed by atoms with Crippen LogP contribution < -0.4 is 14.2 Å². The summed E-state index contributed by atoms with van der Waals surface area (Å²) in [6.07, 6.45) is 10.5. The number of unbranched alkanes of at least 4 members (excludes halogenated alkanes) is 2. The molecule has 1 amide bonds. The Morgan fingerprint density at radius 3 is 2.41 bits per heavy atom. The molecule has 11 nitrogen and oxygen atoms in total. The Morgan fingerprint density at radius 1 is 0.906 bits per heavy atom. The maximum Gasteiger partial charge on any atom is 0.239 e. The molecule has 4 aromatic carbocycles. The van der Waals surface area contributed by atoms with Crippen LogP contribution in [0, 0.1) is 17.8 Å². The monoisotopic (exact) mass is 870 g/mol. The van der Waals surface area contributed by atoms with Crippen molar-refractivity contribution in [2.75, 3.05) is 33.5 Å². The molecule has 6 unspecified atom stereocenters. The first-order valence-corrected chi connectivity index (χ1v) is 22.8. The van der Waals surface area contributed by atoms with E-state index < -0.39 is 17.7 Å². The van der Waals surface area contributed by atoms with Crippen LogP contribution in [-0.4, -0.2) is 78.3 Å². The third-order valence-corrected chi connectivity index (χ3v) is 12.8. The molecule has 1 saturated carbocycles. The van der Waals surface area contributed by atoms with Crippen molar-refractivity contribution in [1.82, 2.24) is 4.90 Å². The van der Waals surface area contributed by atoms with E-state index in [4.69, 9.17) is 28.9 Å². The van der Waals surface area contributed by atoms with Gasteiger partial charge in [-0.05, 0) is 103 Å². The molecule has 338 valence electrons. The maximum atomic E-state index is 15.0. The average Bonchev–Trinajstić information content (AvgIpc) is 3.32. The number of ether oxygens (including phenoxy) is 4. The van der Waals surface area contributed by atoms with Crippen LogP contribution in [0.5, 0.6) is 23.0 Å². The highest BCUT2D eigenvalue weighted by Gasteiger charge is 2.65. The van der Waals surface area contributed by atoms with Crippen molar-refractivity contribution in [1.29, 1.82) is 0 Å². The molecular weight excluding hydrogens is 809 g/mol. The Balaban J connectivity index is 1.43. The molecule has 4 aromatic rings. The zero-order valence-corrected chi connectivity index (χ0v) is 37.1. The number of allylic oxidation sites excluding steroid dienone is 1. The number of amides is 1. The number of aliphatic hydroxyl groups excluding tert-OH is 2. The van der Waals surface area contributed by atoms with Crippen LogP contribution >= 0.6 is 0 Å². The normalized spacial score (nSPS) is 22.6. The minimum absolute atomic E-state index is 0.0411. The second-order valence-corrected chi connectivity index (χ2v) is 16.9. The van der Waals surface area contributed by atoms with Crippen LogP contribution in [0.2, 0.25) is 0 Å². The Kier molecular flexibility index (Phi) is 16.1. The van der Waals surface area contributed by atoms with Crippen LogP contribution in [0.1, 0.15) is 91.3 Å². The number of rotatable bonds is 23. The molecule has 11 heteroatoms. The van der Waals surface area contributed by atoms with Gasteiger partial charge in [0, 0.05) is 43.2 Å². The third-order valence-electron chi connectivity index (χ3n) is 12.8. The number of aldehydes is 1. The molecule has 1 heterocycles. The van der Waals surface area contributed by atoms with Crippen molar-refractivity contribution in [3.8, 4) is 23.0 Å². The first kappa shape index (κ1) is 46.2. The molecule has 0 saturated heterocycles. The summed E-state index contributed by atoms with van der Waals surface area (Å²) in [6.45, 7) is 7.17. The van der Waals surface area contributed by atoms with Gasteiger partial charge >= 0.3 is 0 Å². The second-order valence-electron chi connectivity index (χ2n) is 16.9. The fraction of sp³-hybridized carbons (Fsp3) is 0.415. The van der Waals surface area contributed by atoms with E-state index in [1.165, 1.54) is 0 Å². The van der Waals surface area contributed by atoms with E-state index in [1.54, 1.807) is 31.4 Å². The zero-order chi connectivity index (χ0) is 44.9. The number of carbonyl (C=O) groups excluding carboxylic acids is 2. The number of benzene rings is 4. The standard InChI is InChI=1S/C53H62N2O9/c1-4-25-55(50(59)31-38-17-13-20-41(29-38)60-3)49-34-47(54-62-36-37-15-7-6-8-16-37)45-32-40(19-9-11-26-56)44(22-10-12-27-57)51-46-33-43(63-42-21-14-18-39(30-42)35-58)23-24-48(46)64-53(49,52(45)51)61-28-5-2/h5-8,13-18,20-21,23-24,29-30,32-33,35,40,44,49,51-52,56-57H,2,4,9-12,19,22,25-28,31,34,36H2,1,3H3. The van der Waals surface area contributed by atoms with Gasteiger partial charge in [0.05, 0.1) is 31.8 Å². The van der Waals surface area contributed by atoms with E-state index >= 15 is 0 Å². The molecule has 6 atom stereocenters. The number of hydrogen-bond donors (Lipinski definition) is 2. The van der Waals surface area contributed by atoms with E-state index in [1.807, 2.05) is 83.8 Å². The third kappa shape index (κ3) is 10.4. The van der Waals surface area contributed by atoms with Crippen molar-refractivity contribution in [2.24, 2.45) is 22.9 Å². The summed E-state index contributed by atoms with van der Waals surface area (Å²) in [6, 6.07) is 29.8. The minimum Gasteiger partial charge on any atom is -0.497 e. The van der Waals surface area contributed by atoms with Gasteiger partial charge in [-0.2, -0.15) is 0 Å². The molecule has 0 aromatic heterocycles. The van der Waals surface area contributed by atoms with Crippen LogP contribution in [0.3, 0.4) is 0 Å². The van der Waals surface area contributed by atoms with Crippen molar-refractivity contribution >= 4 is 17.9 Å². The Bertz CT molecular complexity index is 2260. The van der Waals surface area contributed by atoms with Gasteiger partial charge in [-0.15, -0.1) is 6.58 Å². The van der Waals surface area contributed by atoms with Crippen LogP contribution in [0.4, 0.5) is 0 Å². The number of nitrogens with zero attached hydrogens (tertiary/aromatic N) is 2. The highest BCUT2D eigenvalue weighted by Crippen LogP contribution is 2.62. The average molecular weight is 871 g/mol. The fourth-order valence-corrected chi connectivity index (χ4v) is 10.0. The molecule has 0 bridgehead atoms. The smallest absolute Gasteiger partial charge is 0.239 e. The summed E-state index contributed by atoms with van der Waals surface area (Å²) in [5.41, 5.74) is 4.94. The lowest BCUT2D eigenvalue weighted by Crippen LogP contribution is -2.70. The van der Waals surface area contributed by atoms with E-state index in [-0.39, 0.29) is 56.5 Å². The van der Waals surface area contributed by atoms with Gasteiger partial charge in [0.2, 0.25) is 11.7 Å². The lowest BCUT2D eigenvalue weighted by Gasteiger charge is -2.60. The predicted octanol–water partition coefficient (Wildman–Crippen LogP) is 9.62. The van der Waals surface area contributed by atoms with Crippen molar-refractivity contribution in [2.45, 2.75) is 89.1 Å². The van der Waals surface area contributed by atoms with E-state index in [0.717, 1.165) is 59.9 Å². The Labute approximate surface area is 377 Å². The summed E-state index contributed by atoms with van der Waals surface area (Å²) >= 11 is 0. The molecule has 2 N–H and O–H groups in total. The first-order chi connectivity index (χ1) is 31.4. The highest BCUT2D eigenvalue weighted by molar-refractivity contribution is 6.03. The van der Waals surface area contributed by atoms with E-state index in [0.29, 0.717) is 60.8 Å². The van der Waals surface area contributed by atoms with Crippen LogP contribution in [-0.2, 0) is 27.4 Å². The van der Waals surface area contributed by atoms with Gasteiger partial charge in [0.25, 0.3) is 0 Å². The van der Waals surface area contributed by atoms with Gasteiger partial charge in [0.15, 0.2) is 0 Å². The van der Waals surface area contributed by atoms with Crippen LogP contribution in [0.25, 0.3) is 0 Å². The van der Waals surface area contributed by atoms with Gasteiger partial charge in [-0.1, -0.05) is 91.7 Å². The summed E-state index contributed by atoms with van der Waals surface area (Å²) in [4.78, 5) is 34.9. The molecule has 64 heavy (non-hydrogen) atoms. The number of methoxy groups -OCH3 is 1. The first-order valence-electron chi connectivity index (χ1n) is 22.8. The van der Waals surface area contributed by atoms with Gasteiger partial charge in [0.1, 0.15) is 41.9 Å². The second kappa shape index (κ2) is 22.2. The Hall–Kier alpha value is -5.75. The van der Waals surface area contributed by atoms with E-state index in [9.17, 15) is 19.8 Å². The zero-order valence-electron chi connectivity index (χ0n) is 37.1. The Morgan fingerprint density at radius 2 is 1.66 bits per heavy atom. The quantitative estimate of drug-likeness (QED) is 0.0323. The number of carbonyl (C=O) groups is 2. The summed E-state index contributed by atoms with van der Waals surface area (Å²) in [5.74, 6) is 0.361. The molecular formula is C53H62N2O9. The molecule has 1 aliphatic heterocycles. The van der Waals surface area contributed by atoms with Gasteiger partial charge in [-0.3, -0.25) is 9.59 Å². The number of hydrogen-bond acceptors (Lipinski definition) is 10. The summed E-state index contributed by atoms with van der Waals surface area (Å²) in [7, 11) is 1.62. The SMILES string of the molecule is C=CCOC12Oc3ccc(Oc4cccc(C=O)c4)cc3C3C(CCCCO)C(CCCCO)C=C(C(=NOCc4ccccc4)CC1N(CCC)C(=O)Cc1cccc(OC)c1)C32. The molecule has 7 rings (SSSR count). The van der Waals surface area contributed by atoms with Crippen molar-refractivity contribution < 1.29 is 43.6 Å². The maximum absolute atomic E-state index is 15.0. The fourth-order valence-electron chi connectivity index (χ4n) is 10.0. The largest absolute Gasteiger partial charge is 0.497 e. The topological polar surface area (TPSA) is 136 Å². The number of fused-ring (bicyclic) bond motifs is 2. The number of oxime groups is 1. The van der Waals surface area contributed by atoms with Crippen molar-refractivity contribution in [3.63, 3.8) is 0 Å². The summed E-state index contributed by atoms with van der Waals surface area (Å²) in [5, 5.41) is 24.9. The number of aliphatic hydroxyl groups is 2. The highest BCUT2D eigenvalue weighted by atomic mass is 16.7. The summed E-state index contributed by atoms with van der Waals surface area (Å²) < 4.78 is 26.6. The lowest BCUT2D eigenvalue weighted by atomic mass is 9.55. The van der Waals surface area contributed by atoms with Crippen LogP contribution in [0.15, 0.2) is 127 Å². The molecule has 2 aliphatic carbocycles. The minimum atomic E-state index is -1.39. The molecule has 0 spiro atoms. The van der Waals surface area contributed by atoms with Crippen molar-refractivity contribution in [3.05, 3.63) is 144 Å². The van der Waals surface area contributed by atoms with Gasteiger partial charge < -0.3 is 38.9 Å². The molecule has 0 radical (unpaired) electrons. The molecule has 1 fully saturated rings. The predicted molar refractivity (Wildman–Crippen MR) is 247 cm³/mol.